The number of halogens is 1. The first-order chi connectivity index (χ1) is 5.66. The van der Waals surface area contributed by atoms with Crippen LogP contribution in [0, 0.1) is 0 Å². The quantitative estimate of drug-likeness (QED) is 0.433. The van der Waals surface area contributed by atoms with Gasteiger partial charge in [-0.25, -0.2) is 0 Å². The molecule has 70 valence electrons. The smallest absolute Gasteiger partial charge is 0.0180 e. The molecule has 0 radical (unpaired) electrons. The molecule has 0 aromatic carbocycles. The first kappa shape index (κ1) is 11.8. The highest BCUT2D eigenvalue weighted by molar-refractivity contribution is 6.29. The molecule has 0 heterocycles. The minimum atomic E-state index is 0.977. The summed E-state index contributed by atoms with van der Waals surface area (Å²) in [5.74, 6) is 0. The minimum Gasteiger partial charge on any atom is -0.0892 e. The zero-order valence-corrected chi connectivity index (χ0v) is 9.12. The normalized spacial score (nSPS) is 11.5. The summed E-state index contributed by atoms with van der Waals surface area (Å²) in [6.45, 7) is 6.35. The van der Waals surface area contributed by atoms with Crippen molar-refractivity contribution in [2.24, 2.45) is 0 Å². The van der Waals surface area contributed by atoms with Crippen LogP contribution in [0.4, 0.5) is 0 Å². The van der Waals surface area contributed by atoms with Crippen LogP contribution in [0.5, 0.6) is 0 Å². The lowest BCUT2D eigenvalue weighted by Gasteiger charge is -1.96. The Kier molecular flexibility index (Phi) is 7.28. The highest BCUT2D eigenvalue weighted by Crippen LogP contribution is 2.13. The summed E-state index contributed by atoms with van der Waals surface area (Å²) >= 11 is 5.98. The molecule has 0 aromatic rings. The van der Waals surface area contributed by atoms with Crippen molar-refractivity contribution in [3.05, 3.63) is 22.8 Å². The van der Waals surface area contributed by atoms with Crippen LogP contribution in [0.3, 0.4) is 0 Å². The highest BCUT2D eigenvalue weighted by atomic mass is 35.5. The van der Waals surface area contributed by atoms with E-state index >= 15 is 0 Å². The number of unbranched alkanes of at least 4 members (excludes halogenated alkanes) is 2. The second kappa shape index (κ2) is 7.42. The average molecular weight is 187 g/mol. The van der Waals surface area contributed by atoms with Gasteiger partial charge in [0.2, 0.25) is 0 Å². The van der Waals surface area contributed by atoms with E-state index in [2.05, 4.69) is 26.8 Å². The summed E-state index contributed by atoms with van der Waals surface area (Å²) in [5.41, 5.74) is 1.30. The third-order valence-electron chi connectivity index (χ3n) is 1.62. The largest absolute Gasteiger partial charge is 0.0892 e. The molecule has 0 aliphatic rings. The topological polar surface area (TPSA) is 0 Å². The van der Waals surface area contributed by atoms with E-state index in [9.17, 15) is 0 Å². The molecule has 0 atom stereocenters. The van der Waals surface area contributed by atoms with Crippen molar-refractivity contribution in [3.8, 4) is 0 Å². The van der Waals surface area contributed by atoms with Gasteiger partial charge in [-0.1, -0.05) is 43.0 Å². The van der Waals surface area contributed by atoms with Gasteiger partial charge in [-0.2, -0.15) is 0 Å². The zero-order valence-electron chi connectivity index (χ0n) is 8.36. The van der Waals surface area contributed by atoms with Crippen LogP contribution in [0.2, 0.25) is 0 Å². The summed E-state index contributed by atoms with van der Waals surface area (Å²) in [7, 11) is 0. The van der Waals surface area contributed by atoms with Gasteiger partial charge in [0.25, 0.3) is 0 Å². The lowest BCUT2D eigenvalue weighted by atomic mass is 10.2. The second-order valence-electron chi connectivity index (χ2n) is 3.31. The summed E-state index contributed by atoms with van der Waals surface area (Å²) < 4.78 is 0. The summed E-state index contributed by atoms with van der Waals surface area (Å²) in [5, 5.41) is 0.977. The lowest BCUT2D eigenvalue weighted by molar-refractivity contribution is 0.725. The van der Waals surface area contributed by atoms with Gasteiger partial charge in [0.05, 0.1) is 0 Å². The SMILES string of the molecule is CCCCC/C(Cl)=C/C=C(C)C. The van der Waals surface area contributed by atoms with Crippen molar-refractivity contribution in [1.82, 2.24) is 0 Å². The molecular weight excluding hydrogens is 168 g/mol. The molecule has 0 nitrogen and oxygen atoms in total. The van der Waals surface area contributed by atoms with E-state index in [-0.39, 0.29) is 0 Å². The first-order valence-electron chi connectivity index (χ1n) is 4.66. The van der Waals surface area contributed by atoms with Crippen LogP contribution in [0.25, 0.3) is 0 Å². The number of allylic oxidation sites excluding steroid dienone is 4. The van der Waals surface area contributed by atoms with Gasteiger partial charge in [0.15, 0.2) is 0 Å². The standard InChI is InChI=1S/C11H19Cl/c1-4-5-6-7-11(12)9-8-10(2)3/h8-9H,4-7H2,1-3H3/b11-9-. The Morgan fingerprint density at radius 2 is 1.83 bits per heavy atom. The maximum absolute atomic E-state index is 5.98. The van der Waals surface area contributed by atoms with Crippen LogP contribution in [-0.4, -0.2) is 0 Å². The van der Waals surface area contributed by atoms with E-state index < -0.39 is 0 Å². The fraction of sp³-hybridized carbons (Fsp3) is 0.636. The molecule has 0 aliphatic carbocycles. The molecule has 0 saturated heterocycles. The van der Waals surface area contributed by atoms with Crippen molar-refractivity contribution < 1.29 is 0 Å². The molecule has 1 heteroatoms. The average Bonchev–Trinajstić information content (AvgIpc) is 2.01. The Hall–Kier alpha value is -0.230. The monoisotopic (exact) mass is 186 g/mol. The molecule has 0 unspecified atom stereocenters. The van der Waals surface area contributed by atoms with E-state index in [0.717, 1.165) is 11.5 Å². The lowest BCUT2D eigenvalue weighted by Crippen LogP contribution is -1.75. The molecular formula is C11H19Cl. The van der Waals surface area contributed by atoms with Crippen LogP contribution < -0.4 is 0 Å². The molecule has 0 amide bonds. The predicted molar refractivity (Wildman–Crippen MR) is 57.5 cm³/mol. The second-order valence-corrected chi connectivity index (χ2v) is 3.80. The van der Waals surface area contributed by atoms with E-state index in [1.54, 1.807) is 0 Å². The highest BCUT2D eigenvalue weighted by Gasteiger charge is 1.90. The van der Waals surface area contributed by atoms with Gasteiger partial charge >= 0.3 is 0 Å². The van der Waals surface area contributed by atoms with Crippen LogP contribution in [0.1, 0.15) is 46.5 Å². The van der Waals surface area contributed by atoms with Crippen molar-refractivity contribution >= 4 is 11.6 Å². The van der Waals surface area contributed by atoms with E-state index in [1.165, 1.54) is 24.8 Å². The van der Waals surface area contributed by atoms with Gasteiger partial charge < -0.3 is 0 Å². The number of rotatable bonds is 5. The Morgan fingerprint density at radius 3 is 2.33 bits per heavy atom. The maximum Gasteiger partial charge on any atom is 0.0180 e. The molecule has 12 heavy (non-hydrogen) atoms. The minimum absolute atomic E-state index is 0.977. The molecule has 0 aliphatic heterocycles. The Bertz CT molecular complexity index is 162. The van der Waals surface area contributed by atoms with Gasteiger partial charge in [-0.15, -0.1) is 0 Å². The summed E-state index contributed by atoms with van der Waals surface area (Å²) in [6.07, 6.45) is 8.84. The Balaban J connectivity index is 3.63. The van der Waals surface area contributed by atoms with Crippen molar-refractivity contribution in [1.29, 1.82) is 0 Å². The van der Waals surface area contributed by atoms with E-state index in [1.807, 2.05) is 6.08 Å². The molecule has 0 saturated carbocycles. The molecule has 0 spiro atoms. The van der Waals surface area contributed by atoms with Gasteiger partial charge in [-0.05, 0) is 32.8 Å². The fourth-order valence-corrected chi connectivity index (χ4v) is 1.08. The zero-order chi connectivity index (χ0) is 9.40. The van der Waals surface area contributed by atoms with Gasteiger partial charge in [0.1, 0.15) is 0 Å². The molecule has 0 aromatic heterocycles. The molecule has 0 bridgehead atoms. The fourth-order valence-electron chi connectivity index (χ4n) is 0.884. The molecule has 0 fully saturated rings. The third-order valence-corrected chi connectivity index (χ3v) is 1.93. The number of hydrogen-bond acceptors (Lipinski definition) is 0. The predicted octanol–water partition coefficient (Wildman–Crippen LogP) is 4.66. The van der Waals surface area contributed by atoms with Crippen molar-refractivity contribution in [2.75, 3.05) is 0 Å². The van der Waals surface area contributed by atoms with Gasteiger partial charge in [0, 0.05) is 5.03 Å². The third kappa shape index (κ3) is 7.87. The van der Waals surface area contributed by atoms with Crippen LogP contribution in [-0.2, 0) is 0 Å². The van der Waals surface area contributed by atoms with Crippen LogP contribution in [0.15, 0.2) is 22.8 Å². The molecule has 0 N–H and O–H groups in total. The van der Waals surface area contributed by atoms with Gasteiger partial charge in [-0.3, -0.25) is 0 Å². The van der Waals surface area contributed by atoms with E-state index in [4.69, 9.17) is 11.6 Å². The number of hydrogen-bond donors (Lipinski definition) is 0. The van der Waals surface area contributed by atoms with Crippen LogP contribution >= 0.6 is 11.6 Å². The maximum atomic E-state index is 5.98. The first-order valence-corrected chi connectivity index (χ1v) is 5.04. The summed E-state index contributed by atoms with van der Waals surface area (Å²) in [6, 6.07) is 0. The Labute approximate surface area is 81.3 Å². The summed E-state index contributed by atoms with van der Waals surface area (Å²) in [4.78, 5) is 0. The Morgan fingerprint density at radius 1 is 1.17 bits per heavy atom. The van der Waals surface area contributed by atoms with E-state index in [0.29, 0.717) is 0 Å². The molecule has 0 rings (SSSR count). The van der Waals surface area contributed by atoms with Crippen molar-refractivity contribution in [3.63, 3.8) is 0 Å². The van der Waals surface area contributed by atoms with Crippen molar-refractivity contribution in [2.45, 2.75) is 46.5 Å².